The second-order valence-corrected chi connectivity index (χ2v) is 8.86. The van der Waals surface area contributed by atoms with Gasteiger partial charge in [-0.2, -0.15) is 12.6 Å². The van der Waals surface area contributed by atoms with E-state index in [9.17, 15) is 0 Å². The third kappa shape index (κ3) is 10.4. The molecule has 0 bridgehead atoms. The summed E-state index contributed by atoms with van der Waals surface area (Å²) >= 11 is 4.29. The predicted octanol–water partition coefficient (Wildman–Crippen LogP) is 4.79. The summed E-state index contributed by atoms with van der Waals surface area (Å²) in [5, 5.41) is 0. The van der Waals surface area contributed by atoms with Gasteiger partial charge < -0.3 is 8.85 Å². The fraction of sp³-hybridized carbons (Fsp3) is 1.00. The summed E-state index contributed by atoms with van der Waals surface area (Å²) in [6.07, 6.45) is 8.44. The molecule has 0 aromatic rings. The highest BCUT2D eigenvalue weighted by Gasteiger charge is 2.30. The van der Waals surface area contributed by atoms with Crippen LogP contribution in [0.1, 0.15) is 58.8 Å². The normalized spacial score (nSPS) is 12.0. The maximum atomic E-state index is 6.10. The van der Waals surface area contributed by atoms with Crippen LogP contribution < -0.4 is 0 Å². The van der Waals surface area contributed by atoms with E-state index in [1.807, 2.05) is 0 Å². The molecule has 4 heteroatoms. The Labute approximate surface area is 120 Å². The van der Waals surface area contributed by atoms with Gasteiger partial charge in [-0.05, 0) is 37.6 Å². The molecule has 0 fully saturated rings. The molecule has 0 spiro atoms. The quantitative estimate of drug-likeness (QED) is 0.299. The standard InChI is InChI=1S/C14H32O2SSi/c1-4-6-8-11-15-18(3,14-10-13-17)16-12-9-7-5-2/h17H,4-14H2,1-3H3. The lowest BCUT2D eigenvalue weighted by Crippen LogP contribution is -2.39. The fourth-order valence-corrected chi connectivity index (χ4v) is 4.67. The molecule has 0 saturated heterocycles. The van der Waals surface area contributed by atoms with Gasteiger partial charge in [0.15, 0.2) is 0 Å². The van der Waals surface area contributed by atoms with Crippen molar-refractivity contribution >= 4 is 21.2 Å². The Bertz CT molecular complexity index is 167. The molecule has 0 aromatic heterocycles. The Hall–Kier alpha value is 0.487. The zero-order valence-corrected chi connectivity index (χ0v) is 14.4. The molecular formula is C14H32O2SSi. The first-order valence-corrected chi connectivity index (χ1v) is 10.7. The average Bonchev–Trinajstić information content (AvgIpc) is 2.38. The van der Waals surface area contributed by atoms with Crippen LogP contribution in [0.4, 0.5) is 0 Å². The Morgan fingerprint density at radius 3 is 1.72 bits per heavy atom. The Kier molecular flexibility index (Phi) is 12.9. The number of hydrogen-bond acceptors (Lipinski definition) is 3. The second-order valence-electron chi connectivity index (χ2n) is 5.07. The lowest BCUT2D eigenvalue weighted by atomic mass is 10.3. The van der Waals surface area contributed by atoms with Gasteiger partial charge in [0.05, 0.1) is 0 Å². The molecule has 2 nitrogen and oxygen atoms in total. The minimum Gasteiger partial charge on any atom is -0.394 e. The molecule has 0 aliphatic heterocycles. The first-order chi connectivity index (χ1) is 8.68. The van der Waals surface area contributed by atoms with E-state index in [1.165, 1.54) is 25.7 Å². The molecule has 0 rings (SSSR count). The molecule has 0 unspecified atom stereocenters. The third-order valence-electron chi connectivity index (χ3n) is 3.10. The monoisotopic (exact) mass is 292 g/mol. The summed E-state index contributed by atoms with van der Waals surface area (Å²) < 4.78 is 12.2. The maximum Gasteiger partial charge on any atom is 0.334 e. The van der Waals surface area contributed by atoms with E-state index in [1.54, 1.807) is 0 Å². The molecule has 0 heterocycles. The molecule has 0 aliphatic rings. The number of unbranched alkanes of at least 4 members (excludes halogenated alkanes) is 4. The summed E-state index contributed by atoms with van der Waals surface area (Å²) in [5.41, 5.74) is 0. The van der Waals surface area contributed by atoms with Crippen molar-refractivity contribution in [3.05, 3.63) is 0 Å². The van der Waals surface area contributed by atoms with Gasteiger partial charge in [-0.1, -0.05) is 39.5 Å². The summed E-state index contributed by atoms with van der Waals surface area (Å²) in [6.45, 7) is 8.40. The molecule has 0 aromatic carbocycles. The van der Waals surface area contributed by atoms with Crippen molar-refractivity contribution in [2.45, 2.75) is 71.4 Å². The van der Waals surface area contributed by atoms with Crippen LogP contribution in [0.15, 0.2) is 0 Å². The van der Waals surface area contributed by atoms with Crippen molar-refractivity contribution < 1.29 is 8.85 Å². The number of hydrogen-bond donors (Lipinski definition) is 1. The average molecular weight is 293 g/mol. The van der Waals surface area contributed by atoms with E-state index >= 15 is 0 Å². The molecule has 0 atom stereocenters. The van der Waals surface area contributed by atoms with Crippen LogP contribution in [0.2, 0.25) is 12.6 Å². The van der Waals surface area contributed by atoms with Crippen molar-refractivity contribution in [2.75, 3.05) is 19.0 Å². The van der Waals surface area contributed by atoms with Crippen LogP contribution in [-0.4, -0.2) is 27.5 Å². The summed E-state index contributed by atoms with van der Waals surface area (Å²) in [6, 6.07) is 1.08. The van der Waals surface area contributed by atoms with Crippen molar-refractivity contribution in [1.29, 1.82) is 0 Å². The van der Waals surface area contributed by atoms with Crippen molar-refractivity contribution in [2.24, 2.45) is 0 Å². The smallest absolute Gasteiger partial charge is 0.334 e. The van der Waals surface area contributed by atoms with E-state index in [2.05, 4.69) is 33.0 Å². The molecule has 110 valence electrons. The lowest BCUT2D eigenvalue weighted by Gasteiger charge is -2.27. The largest absolute Gasteiger partial charge is 0.394 e. The highest BCUT2D eigenvalue weighted by molar-refractivity contribution is 7.80. The third-order valence-corrected chi connectivity index (χ3v) is 6.31. The Morgan fingerprint density at radius 2 is 1.33 bits per heavy atom. The van der Waals surface area contributed by atoms with Gasteiger partial charge in [0.1, 0.15) is 0 Å². The Balaban J connectivity index is 3.90. The molecular weight excluding hydrogens is 260 g/mol. The lowest BCUT2D eigenvalue weighted by molar-refractivity contribution is 0.167. The van der Waals surface area contributed by atoms with Gasteiger partial charge >= 0.3 is 8.56 Å². The van der Waals surface area contributed by atoms with Gasteiger partial charge in [-0.15, -0.1) is 0 Å². The van der Waals surface area contributed by atoms with Crippen molar-refractivity contribution in [1.82, 2.24) is 0 Å². The fourth-order valence-electron chi connectivity index (χ4n) is 1.87. The molecule has 0 saturated carbocycles. The van der Waals surface area contributed by atoms with Gasteiger partial charge in [-0.3, -0.25) is 0 Å². The van der Waals surface area contributed by atoms with Crippen LogP contribution >= 0.6 is 12.6 Å². The highest BCUT2D eigenvalue weighted by atomic mass is 32.1. The van der Waals surface area contributed by atoms with E-state index in [0.717, 1.165) is 44.3 Å². The molecule has 18 heavy (non-hydrogen) atoms. The first kappa shape index (κ1) is 18.5. The Morgan fingerprint density at radius 1 is 0.833 bits per heavy atom. The number of rotatable bonds is 13. The molecule has 0 amide bonds. The van der Waals surface area contributed by atoms with Crippen LogP contribution in [0, 0.1) is 0 Å². The topological polar surface area (TPSA) is 18.5 Å². The van der Waals surface area contributed by atoms with Gasteiger partial charge in [0, 0.05) is 13.2 Å². The van der Waals surface area contributed by atoms with Gasteiger partial charge in [-0.25, -0.2) is 0 Å². The maximum absolute atomic E-state index is 6.10. The highest BCUT2D eigenvalue weighted by Crippen LogP contribution is 2.18. The summed E-state index contributed by atoms with van der Waals surface area (Å²) in [7, 11) is -1.92. The predicted molar refractivity (Wildman–Crippen MR) is 85.8 cm³/mol. The molecule has 0 aliphatic carbocycles. The SMILES string of the molecule is CCCCCO[Si](C)(CCCS)OCCCCC. The van der Waals surface area contributed by atoms with Crippen LogP contribution in [-0.2, 0) is 8.85 Å². The number of thiol groups is 1. The second kappa shape index (κ2) is 12.5. The van der Waals surface area contributed by atoms with E-state index in [-0.39, 0.29) is 0 Å². The zero-order valence-electron chi connectivity index (χ0n) is 12.5. The zero-order chi connectivity index (χ0) is 13.7. The summed E-state index contributed by atoms with van der Waals surface area (Å²) in [4.78, 5) is 0. The minimum atomic E-state index is -1.92. The van der Waals surface area contributed by atoms with Crippen LogP contribution in [0.3, 0.4) is 0 Å². The molecule has 0 N–H and O–H groups in total. The minimum absolute atomic E-state index is 0.872. The van der Waals surface area contributed by atoms with Crippen molar-refractivity contribution in [3.8, 4) is 0 Å². The van der Waals surface area contributed by atoms with Crippen LogP contribution in [0.5, 0.6) is 0 Å². The molecule has 0 radical (unpaired) electrons. The van der Waals surface area contributed by atoms with E-state index in [4.69, 9.17) is 8.85 Å². The van der Waals surface area contributed by atoms with E-state index < -0.39 is 8.56 Å². The summed E-state index contributed by atoms with van der Waals surface area (Å²) in [5.74, 6) is 0.930. The van der Waals surface area contributed by atoms with E-state index in [0.29, 0.717) is 0 Å². The first-order valence-electron chi connectivity index (χ1n) is 7.57. The van der Waals surface area contributed by atoms with Crippen LogP contribution in [0.25, 0.3) is 0 Å². The van der Waals surface area contributed by atoms with Gasteiger partial charge in [0.2, 0.25) is 0 Å². The van der Waals surface area contributed by atoms with Gasteiger partial charge in [0.25, 0.3) is 0 Å². The van der Waals surface area contributed by atoms with Crippen molar-refractivity contribution in [3.63, 3.8) is 0 Å².